The minimum absolute atomic E-state index is 0.128. The SMILES string of the molecule is CC(C)(C)c1ccccc1Oc1ncccc1NC(=O)Nc1nc(-c2c[nH]c(C(N)=O)c2)cs1. The maximum absolute atomic E-state index is 12.6. The van der Waals surface area contributed by atoms with E-state index in [1.165, 1.54) is 11.3 Å². The molecule has 4 aromatic rings. The Balaban J connectivity index is 1.47. The van der Waals surface area contributed by atoms with E-state index in [9.17, 15) is 9.59 Å². The number of hydrogen-bond acceptors (Lipinski definition) is 6. The Bertz CT molecular complexity index is 1340. The van der Waals surface area contributed by atoms with Crippen LogP contribution in [0.15, 0.2) is 60.2 Å². The second kappa shape index (κ2) is 9.36. The number of rotatable bonds is 6. The first kappa shape index (κ1) is 23.0. The molecule has 4 rings (SSSR count). The van der Waals surface area contributed by atoms with Crippen LogP contribution in [0, 0.1) is 0 Å². The zero-order valence-corrected chi connectivity index (χ0v) is 19.7. The number of benzene rings is 1. The van der Waals surface area contributed by atoms with Crippen LogP contribution >= 0.6 is 11.3 Å². The molecule has 0 spiro atoms. The van der Waals surface area contributed by atoms with Gasteiger partial charge < -0.3 is 20.8 Å². The third kappa shape index (κ3) is 5.24. The van der Waals surface area contributed by atoms with Crippen LogP contribution in [0.3, 0.4) is 0 Å². The van der Waals surface area contributed by atoms with Crippen LogP contribution in [-0.2, 0) is 5.41 Å². The summed E-state index contributed by atoms with van der Waals surface area (Å²) in [5.74, 6) is 0.392. The molecule has 0 radical (unpaired) electrons. The number of aromatic nitrogens is 3. The summed E-state index contributed by atoms with van der Waals surface area (Å²) in [5.41, 5.74) is 8.16. The van der Waals surface area contributed by atoms with E-state index in [2.05, 4.69) is 46.4 Å². The van der Waals surface area contributed by atoms with Crippen molar-refractivity contribution in [3.63, 3.8) is 0 Å². The van der Waals surface area contributed by atoms with Gasteiger partial charge in [-0.05, 0) is 29.7 Å². The van der Waals surface area contributed by atoms with Crippen molar-refractivity contribution in [2.75, 3.05) is 10.6 Å². The largest absolute Gasteiger partial charge is 0.437 e. The van der Waals surface area contributed by atoms with Gasteiger partial charge in [0.15, 0.2) is 5.13 Å². The Morgan fingerprint density at radius 1 is 1.12 bits per heavy atom. The number of nitrogens with zero attached hydrogens (tertiary/aromatic N) is 2. The molecule has 3 heterocycles. The fourth-order valence-electron chi connectivity index (χ4n) is 3.25. The molecule has 0 saturated heterocycles. The summed E-state index contributed by atoms with van der Waals surface area (Å²) >= 11 is 1.25. The third-order valence-corrected chi connectivity index (χ3v) is 5.65. The number of amides is 3. The van der Waals surface area contributed by atoms with E-state index in [4.69, 9.17) is 10.5 Å². The van der Waals surface area contributed by atoms with Crippen LogP contribution in [0.1, 0.15) is 36.8 Å². The summed E-state index contributed by atoms with van der Waals surface area (Å²) in [6.45, 7) is 6.31. The molecule has 3 amide bonds. The van der Waals surface area contributed by atoms with E-state index in [0.29, 0.717) is 27.8 Å². The predicted octanol–water partition coefficient (Wildman–Crippen LogP) is 5.37. The van der Waals surface area contributed by atoms with Gasteiger partial charge in [0.1, 0.15) is 17.1 Å². The highest BCUT2D eigenvalue weighted by Crippen LogP contribution is 2.35. The van der Waals surface area contributed by atoms with Crippen LogP contribution < -0.4 is 21.1 Å². The second-order valence-corrected chi connectivity index (χ2v) is 9.35. The van der Waals surface area contributed by atoms with Crippen LogP contribution in [0.2, 0.25) is 0 Å². The standard InChI is InChI=1S/C24H24N6O3S/c1-24(2,3)15-7-4-5-9-19(15)33-21-16(8-6-10-26-21)28-22(32)30-23-29-18(13-34-23)14-11-17(20(25)31)27-12-14/h4-13,27H,1-3H3,(H2,25,31)(H2,28,29,30,32). The number of carbonyl (C=O) groups is 2. The lowest BCUT2D eigenvalue weighted by atomic mass is 9.86. The highest BCUT2D eigenvalue weighted by atomic mass is 32.1. The first-order chi connectivity index (χ1) is 16.2. The lowest BCUT2D eigenvalue weighted by molar-refractivity contribution is 0.0996. The van der Waals surface area contributed by atoms with E-state index in [1.807, 2.05) is 24.3 Å². The summed E-state index contributed by atoms with van der Waals surface area (Å²) in [6.07, 6.45) is 3.23. The number of primary amides is 1. The molecule has 0 aliphatic carbocycles. The minimum Gasteiger partial charge on any atom is -0.437 e. The molecule has 0 saturated carbocycles. The fourth-order valence-corrected chi connectivity index (χ4v) is 3.96. The molecule has 0 fully saturated rings. The Hall–Kier alpha value is -4.18. The van der Waals surface area contributed by atoms with E-state index in [0.717, 1.165) is 5.56 Å². The number of nitrogens with one attached hydrogen (secondary N) is 3. The van der Waals surface area contributed by atoms with Gasteiger partial charge >= 0.3 is 6.03 Å². The Morgan fingerprint density at radius 3 is 2.65 bits per heavy atom. The quantitative estimate of drug-likeness (QED) is 0.297. The van der Waals surface area contributed by atoms with Crippen LogP contribution in [0.4, 0.5) is 15.6 Å². The maximum atomic E-state index is 12.6. The molecular formula is C24H24N6O3S. The van der Waals surface area contributed by atoms with Crippen molar-refractivity contribution in [1.29, 1.82) is 0 Å². The molecule has 5 N–H and O–H groups in total. The topological polar surface area (TPSA) is 135 Å². The number of anilines is 2. The monoisotopic (exact) mass is 476 g/mol. The molecule has 3 aromatic heterocycles. The van der Waals surface area contributed by atoms with E-state index < -0.39 is 11.9 Å². The van der Waals surface area contributed by atoms with Gasteiger partial charge in [-0.1, -0.05) is 39.0 Å². The number of urea groups is 1. The number of aromatic amines is 1. The lowest BCUT2D eigenvalue weighted by Crippen LogP contribution is -2.20. The number of ether oxygens (including phenoxy) is 1. The van der Waals surface area contributed by atoms with Crippen molar-refractivity contribution in [3.8, 4) is 22.9 Å². The number of hydrogen-bond donors (Lipinski definition) is 4. The smallest absolute Gasteiger partial charge is 0.325 e. The van der Waals surface area contributed by atoms with Gasteiger partial charge in [0.25, 0.3) is 5.91 Å². The third-order valence-electron chi connectivity index (χ3n) is 4.89. The zero-order valence-electron chi connectivity index (χ0n) is 18.9. The molecule has 0 bridgehead atoms. The molecular weight excluding hydrogens is 452 g/mol. The molecule has 0 aliphatic heterocycles. The number of carbonyl (C=O) groups excluding carboxylic acids is 2. The number of H-pyrrole nitrogens is 1. The van der Waals surface area contributed by atoms with Gasteiger partial charge in [0.05, 0.1) is 5.69 Å². The van der Waals surface area contributed by atoms with Gasteiger partial charge in [-0.25, -0.2) is 14.8 Å². The molecule has 34 heavy (non-hydrogen) atoms. The van der Waals surface area contributed by atoms with Gasteiger partial charge in [0, 0.05) is 28.9 Å². The molecule has 0 aliphatic rings. The predicted molar refractivity (Wildman–Crippen MR) is 133 cm³/mol. The first-order valence-electron chi connectivity index (χ1n) is 10.5. The van der Waals surface area contributed by atoms with Gasteiger partial charge in [0.2, 0.25) is 5.88 Å². The van der Waals surface area contributed by atoms with Gasteiger partial charge in [-0.3, -0.25) is 10.1 Å². The molecule has 0 atom stereocenters. The van der Waals surface area contributed by atoms with Crippen LogP contribution in [0.5, 0.6) is 11.6 Å². The van der Waals surface area contributed by atoms with E-state index in [1.54, 1.807) is 36.0 Å². The Morgan fingerprint density at radius 2 is 1.91 bits per heavy atom. The van der Waals surface area contributed by atoms with Gasteiger partial charge in [-0.2, -0.15) is 0 Å². The van der Waals surface area contributed by atoms with Crippen LogP contribution in [0.25, 0.3) is 11.3 Å². The van der Waals surface area contributed by atoms with E-state index in [-0.39, 0.29) is 17.0 Å². The van der Waals surface area contributed by atoms with Crippen molar-refractivity contribution in [2.24, 2.45) is 5.73 Å². The van der Waals surface area contributed by atoms with Gasteiger partial charge in [-0.15, -0.1) is 11.3 Å². The average molecular weight is 477 g/mol. The summed E-state index contributed by atoms with van der Waals surface area (Å²) in [7, 11) is 0. The number of nitrogens with two attached hydrogens (primary N) is 1. The highest BCUT2D eigenvalue weighted by molar-refractivity contribution is 7.14. The molecule has 0 unspecified atom stereocenters. The highest BCUT2D eigenvalue weighted by Gasteiger charge is 2.20. The summed E-state index contributed by atoms with van der Waals surface area (Å²) in [6, 6.07) is 12.3. The minimum atomic E-state index is -0.557. The van der Waals surface area contributed by atoms with Crippen molar-refractivity contribution < 1.29 is 14.3 Å². The van der Waals surface area contributed by atoms with Crippen molar-refractivity contribution in [2.45, 2.75) is 26.2 Å². The molecule has 1 aromatic carbocycles. The zero-order chi connectivity index (χ0) is 24.3. The van der Waals surface area contributed by atoms with Crippen molar-refractivity contribution in [3.05, 3.63) is 71.5 Å². The summed E-state index contributed by atoms with van der Waals surface area (Å²) in [4.78, 5) is 35.4. The first-order valence-corrected chi connectivity index (χ1v) is 11.3. The number of thiazole rings is 1. The van der Waals surface area contributed by atoms with Crippen LogP contribution in [-0.4, -0.2) is 26.9 Å². The number of para-hydroxylation sites is 1. The van der Waals surface area contributed by atoms with E-state index >= 15 is 0 Å². The fraction of sp³-hybridized carbons (Fsp3) is 0.167. The lowest BCUT2D eigenvalue weighted by Gasteiger charge is -2.22. The summed E-state index contributed by atoms with van der Waals surface area (Å²) in [5, 5.41) is 7.63. The summed E-state index contributed by atoms with van der Waals surface area (Å²) < 4.78 is 6.09. The van der Waals surface area contributed by atoms with Crippen molar-refractivity contribution >= 4 is 34.1 Å². The Labute approximate surface area is 200 Å². The molecule has 10 heteroatoms. The maximum Gasteiger partial charge on any atom is 0.325 e. The second-order valence-electron chi connectivity index (χ2n) is 8.49. The normalized spacial score (nSPS) is 11.1. The molecule has 9 nitrogen and oxygen atoms in total. The number of pyridine rings is 1. The average Bonchev–Trinajstić information content (AvgIpc) is 3.44. The molecule has 174 valence electrons. The van der Waals surface area contributed by atoms with Crippen molar-refractivity contribution in [1.82, 2.24) is 15.0 Å². The Kier molecular flexibility index (Phi) is 6.33.